The average molecular weight is 378 g/mol. The number of amides is 3. The Morgan fingerprint density at radius 1 is 1.27 bits per heavy atom. The van der Waals surface area contributed by atoms with Crippen LogP contribution in [-0.2, 0) is 10.5 Å². The first kappa shape index (κ1) is 20.6. The van der Waals surface area contributed by atoms with Gasteiger partial charge in [-0.3, -0.25) is 4.79 Å². The van der Waals surface area contributed by atoms with Gasteiger partial charge in [-0.2, -0.15) is 11.8 Å². The first-order valence-electron chi connectivity index (χ1n) is 9.42. The average Bonchev–Trinajstić information content (AvgIpc) is 2.62. The predicted molar refractivity (Wildman–Crippen MR) is 108 cm³/mol. The van der Waals surface area contributed by atoms with Crippen LogP contribution >= 0.6 is 11.8 Å². The number of aryl methyl sites for hydroxylation is 1. The molecule has 2 N–H and O–H groups in total. The van der Waals surface area contributed by atoms with Gasteiger partial charge in [0, 0.05) is 37.2 Å². The van der Waals surface area contributed by atoms with Crippen LogP contribution in [0.4, 0.5) is 4.79 Å². The van der Waals surface area contributed by atoms with Gasteiger partial charge >= 0.3 is 6.03 Å². The van der Waals surface area contributed by atoms with E-state index in [0.717, 1.165) is 30.9 Å². The molecule has 2 rings (SSSR count). The van der Waals surface area contributed by atoms with Crippen LogP contribution in [0.25, 0.3) is 0 Å². The lowest BCUT2D eigenvalue weighted by atomic mass is 9.97. The summed E-state index contributed by atoms with van der Waals surface area (Å²) in [6.45, 7) is 7.89. The number of thioether (sulfide) groups is 1. The molecule has 6 heteroatoms. The monoisotopic (exact) mass is 377 g/mol. The zero-order valence-corrected chi connectivity index (χ0v) is 16.9. The van der Waals surface area contributed by atoms with Crippen molar-refractivity contribution in [3.05, 3.63) is 35.4 Å². The second-order valence-electron chi connectivity index (χ2n) is 7.22. The number of nitrogens with zero attached hydrogens (tertiary/aromatic N) is 1. The molecule has 1 saturated heterocycles. The van der Waals surface area contributed by atoms with Crippen molar-refractivity contribution >= 4 is 23.7 Å². The van der Waals surface area contributed by atoms with Crippen LogP contribution in [0, 0.1) is 12.8 Å². The molecule has 5 nitrogen and oxygen atoms in total. The molecule has 0 aromatic heterocycles. The van der Waals surface area contributed by atoms with E-state index in [1.807, 2.05) is 25.6 Å². The Balaban J connectivity index is 1.65. The minimum atomic E-state index is -0.0937. The summed E-state index contributed by atoms with van der Waals surface area (Å²) in [5.41, 5.74) is 2.58. The number of hydrogen-bond donors (Lipinski definition) is 2. The largest absolute Gasteiger partial charge is 0.355 e. The van der Waals surface area contributed by atoms with Crippen LogP contribution in [0.3, 0.4) is 0 Å². The molecule has 0 bridgehead atoms. The number of carbonyl (C=O) groups excluding carboxylic acids is 2. The standard InChI is InChI=1S/C20H31N3O2S/c1-15(2)22-20(25)23-11-4-5-18(13-23)19(24)21-10-12-26-14-17-8-6-16(3)7-9-17/h6-9,15,18H,4-5,10-14H2,1-3H3,(H,21,24)(H,22,25). The fraction of sp³-hybridized carbons (Fsp3) is 0.600. The van der Waals surface area contributed by atoms with Gasteiger partial charge in [-0.1, -0.05) is 29.8 Å². The molecule has 0 saturated carbocycles. The third kappa shape index (κ3) is 6.90. The van der Waals surface area contributed by atoms with E-state index in [-0.39, 0.29) is 23.9 Å². The summed E-state index contributed by atoms with van der Waals surface area (Å²) in [6, 6.07) is 8.61. The molecule has 1 fully saturated rings. The van der Waals surface area contributed by atoms with Crippen molar-refractivity contribution in [3.8, 4) is 0 Å². The molecule has 1 heterocycles. The maximum atomic E-state index is 12.4. The summed E-state index contributed by atoms with van der Waals surface area (Å²) in [5.74, 6) is 1.83. The lowest BCUT2D eigenvalue weighted by molar-refractivity contribution is -0.126. The van der Waals surface area contributed by atoms with Crippen LogP contribution in [-0.4, -0.2) is 48.3 Å². The Labute approximate surface area is 161 Å². The molecule has 1 aliphatic rings. The summed E-state index contributed by atoms with van der Waals surface area (Å²) in [7, 11) is 0. The van der Waals surface area contributed by atoms with E-state index in [1.165, 1.54) is 11.1 Å². The molecule has 1 unspecified atom stereocenters. The summed E-state index contributed by atoms with van der Waals surface area (Å²) in [4.78, 5) is 26.3. The Morgan fingerprint density at radius 3 is 2.69 bits per heavy atom. The Hall–Kier alpha value is -1.69. The van der Waals surface area contributed by atoms with E-state index in [2.05, 4.69) is 41.8 Å². The lowest BCUT2D eigenvalue weighted by Gasteiger charge is -2.32. The van der Waals surface area contributed by atoms with Gasteiger partial charge in [-0.25, -0.2) is 4.79 Å². The molecule has 1 aromatic carbocycles. The number of urea groups is 1. The number of nitrogens with one attached hydrogen (secondary N) is 2. The molecule has 26 heavy (non-hydrogen) atoms. The normalized spacial score (nSPS) is 17.2. The van der Waals surface area contributed by atoms with Gasteiger partial charge in [-0.15, -0.1) is 0 Å². The second kappa shape index (κ2) is 10.5. The van der Waals surface area contributed by atoms with Gasteiger partial charge in [0.05, 0.1) is 5.92 Å². The van der Waals surface area contributed by atoms with Gasteiger partial charge in [0.25, 0.3) is 0 Å². The summed E-state index contributed by atoms with van der Waals surface area (Å²) in [6.07, 6.45) is 1.74. The quantitative estimate of drug-likeness (QED) is 0.718. The SMILES string of the molecule is Cc1ccc(CSCCNC(=O)C2CCCN(C(=O)NC(C)C)C2)cc1. The van der Waals surface area contributed by atoms with Crippen molar-refractivity contribution in [2.75, 3.05) is 25.4 Å². The van der Waals surface area contributed by atoms with Crippen molar-refractivity contribution in [2.24, 2.45) is 5.92 Å². The summed E-state index contributed by atoms with van der Waals surface area (Å²) < 4.78 is 0. The van der Waals surface area contributed by atoms with Gasteiger partial charge in [0.1, 0.15) is 0 Å². The van der Waals surface area contributed by atoms with E-state index >= 15 is 0 Å². The Kier molecular flexibility index (Phi) is 8.29. The predicted octanol–water partition coefficient (Wildman–Crippen LogP) is 3.17. The third-order valence-corrected chi connectivity index (χ3v) is 5.46. The number of rotatable bonds is 7. The smallest absolute Gasteiger partial charge is 0.317 e. The fourth-order valence-electron chi connectivity index (χ4n) is 2.98. The van der Waals surface area contributed by atoms with Gasteiger partial charge in [-0.05, 0) is 39.2 Å². The molecule has 3 amide bonds. The molecular formula is C20H31N3O2S. The van der Waals surface area contributed by atoms with Gasteiger partial charge < -0.3 is 15.5 Å². The highest BCUT2D eigenvalue weighted by atomic mass is 32.2. The summed E-state index contributed by atoms with van der Waals surface area (Å²) in [5, 5.41) is 5.93. The van der Waals surface area contributed by atoms with Crippen LogP contribution in [0.5, 0.6) is 0 Å². The number of piperidine rings is 1. The molecule has 0 aliphatic carbocycles. The topological polar surface area (TPSA) is 61.4 Å². The van der Waals surface area contributed by atoms with E-state index in [0.29, 0.717) is 13.1 Å². The van der Waals surface area contributed by atoms with Gasteiger partial charge in [0.2, 0.25) is 5.91 Å². The highest BCUT2D eigenvalue weighted by molar-refractivity contribution is 7.98. The Bertz CT molecular complexity index is 589. The molecular weight excluding hydrogens is 346 g/mol. The van der Waals surface area contributed by atoms with Crippen molar-refractivity contribution < 1.29 is 9.59 Å². The van der Waals surface area contributed by atoms with Crippen molar-refractivity contribution in [2.45, 2.75) is 45.4 Å². The Morgan fingerprint density at radius 2 is 2.00 bits per heavy atom. The van der Waals surface area contributed by atoms with Crippen LogP contribution < -0.4 is 10.6 Å². The van der Waals surface area contributed by atoms with E-state index < -0.39 is 0 Å². The van der Waals surface area contributed by atoms with Crippen LogP contribution in [0.1, 0.15) is 37.8 Å². The second-order valence-corrected chi connectivity index (χ2v) is 8.32. The molecule has 0 radical (unpaired) electrons. The molecule has 1 atom stereocenters. The fourth-order valence-corrected chi connectivity index (χ4v) is 3.80. The number of carbonyl (C=O) groups is 2. The molecule has 0 spiro atoms. The molecule has 1 aliphatic heterocycles. The first-order valence-corrected chi connectivity index (χ1v) is 10.6. The first-order chi connectivity index (χ1) is 12.5. The van der Waals surface area contributed by atoms with E-state index in [9.17, 15) is 9.59 Å². The van der Waals surface area contributed by atoms with Crippen LogP contribution in [0.15, 0.2) is 24.3 Å². The maximum absolute atomic E-state index is 12.4. The highest BCUT2D eigenvalue weighted by Gasteiger charge is 2.28. The van der Waals surface area contributed by atoms with Crippen molar-refractivity contribution in [1.82, 2.24) is 15.5 Å². The molecule has 144 valence electrons. The van der Waals surface area contributed by atoms with E-state index in [4.69, 9.17) is 0 Å². The highest BCUT2D eigenvalue weighted by Crippen LogP contribution is 2.17. The van der Waals surface area contributed by atoms with Gasteiger partial charge in [0.15, 0.2) is 0 Å². The summed E-state index contributed by atoms with van der Waals surface area (Å²) >= 11 is 1.82. The zero-order chi connectivity index (χ0) is 18.9. The third-order valence-electron chi connectivity index (χ3n) is 4.43. The van der Waals surface area contributed by atoms with Crippen molar-refractivity contribution in [3.63, 3.8) is 0 Å². The number of hydrogen-bond acceptors (Lipinski definition) is 3. The maximum Gasteiger partial charge on any atom is 0.317 e. The lowest BCUT2D eigenvalue weighted by Crippen LogP contribution is -2.50. The van der Waals surface area contributed by atoms with Crippen LogP contribution in [0.2, 0.25) is 0 Å². The van der Waals surface area contributed by atoms with Crippen molar-refractivity contribution in [1.29, 1.82) is 0 Å². The minimum absolute atomic E-state index is 0.0637. The number of benzene rings is 1. The van der Waals surface area contributed by atoms with E-state index in [1.54, 1.807) is 4.90 Å². The number of likely N-dealkylation sites (tertiary alicyclic amines) is 1. The molecule has 1 aromatic rings. The zero-order valence-electron chi connectivity index (χ0n) is 16.1. The minimum Gasteiger partial charge on any atom is -0.355 e.